The Hall–Kier alpha value is -0.570. The van der Waals surface area contributed by atoms with Gasteiger partial charge in [0.25, 0.3) is 0 Å². The van der Waals surface area contributed by atoms with Crippen molar-refractivity contribution in [1.82, 2.24) is 0 Å². The summed E-state index contributed by atoms with van der Waals surface area (Å²) in [4.78, 5) is 10.4. The lowest BCUT2D eigenvalue weighted by atomic mass is 10.0. The molecule has 0 fully saturated rings. The summed E-state index contributed by atoms with van der Waals surface area (Å²) in [6, 6.07) is 0. The van der Waals surface area contributed by atoms with Gasteiger partial charge in [0.05, 0.1) is 7.45 Å². The van der Waals surface area contributed by atoms with E-state index in [1.165, 1.54) is 0 Å². The number of hydrogen-bond acceptors (Lipinski definition) is 2. The summed E-state index contributed by atoms with van der Waals surface area (Å²) in [6.45, 7) is 1.98. The van der Waals surface area contributed by atoms with Crippen molar-refractivity contribution >= 4 is 5.97 Å². The van der Waals surface area contributed by atoms with E-state index < -0.39 is 24.8 Å². The Balaban J connectivity index is 4.15. The molecule has 0 aromatic carbocycles. The summed E-state index contributed by atoms with van der Waals surface area (Å²) in [5.74, 6) is -0.773. The van der Waals surface area contributed by atoms with E-state index in [1.807, 2.05) is 6.92 Å². The van der Waals surface area contributed by atoms with Crippen LogP contribution in [0.3, 0.4) is 0 Å². The molecule has 3 heteroatoms. The van der Waals surface area contributed by atoms with Crippen LogP contribution in [0.2, 0.25) is 0 Å². The van der Waals surface area contributed by atoms with Gasteiger partial charge in [-0.1, -0.05) is 77.6 Å². The van der Waals surface area contributed by atoms with Gasteiger partial charge in [0.2, 0.25) is 0 Å². The highest BCUT2D eigenvalue weighted by molar-refractivity contribution is 5.66. The average molecular weight is 306 g/mol. The number of rotatable bonds is 16. The summed E-state index contributed by atoms with van der Waals surface area (Å²) in [6.07, 6.45) is 0.611. The highest BCUT2D eigenvalue weighted by Gasteiger charge is 2.03. The fourth-order valence-corrected chi connectivity index (χ4v) is 2.14. The molecular formula is C18H36O3. The zero-order valence-electron chi connectivity index (χ0n) is 18.5. The van der Waals surface area contributed by atoms with Gasteiger partial charge in [0.1, 0.15) is 0 Å². The first kappa shape index (κ1) is 12.9. The molecule has 0 bridgehead atoms. The Kier molecular flexibility index (Phi) is 9.73. The van der Waals surface area contributed by atoms with Gasteiger partial charge in [-0.3, -0.25) is 4.79 Å². The fourth-order valence-electron chi connectivity index (χ4n) is 2.14. The van der Waals surface area contributed by atoms with Crippen LogP contribution in [0.5, 0.6) is 0 Å². The number of carboxylic acids is 1. The number of aliphatic hydroxyl groups is 1. The van der Waals surface area contributed by atoms with Gasteiger partial charge in [-0.2, -0.15) is 0 Å². The third-order valence-corrected chi connectivity index (χ3v) is 3.43. The molecule has 0 saturated heterocycles. The first-order valence-corrected chi connectivity index (χ1v) is 8.42. The van der Waals surface area contributed by atoms with E-state index in [2.05, 4.69) is 0 Å². The largest absolute Gasteiger partial charge is 0.481 e. The molecule has 126 valence electrons. The summed E-state index contributed by atoms with van der Waals surface area (Å²) in [5.41, 5.74) is 0. The summed E-state index contributed by atoms with van der Waals surface area (Å²) in [5, 5.41) is 18.8. The van der Waals surface area contributed by atoms with Crippen LogP contribution in [0.25, 0.3) is 0 Å². The normalized spacial score (nSPS) is 18.9. The van der Waals surface area contributed by atoms with E-state index in [0.717, 1.165) is 44.9 Å². The quantitative estimate of drug-likeness (QED) is 0.380. The second kappa shape index (κ2) is 15.8. The number of aliphatic carboxylic acids is 1. The lowest BCUT2D eigenvalue weighted by Crippen LogP contribution is -2.05. The molecule has 1 unspecified atom stereocenters. The van der Waals surface area contributed by atoms with E-state index in [4.69, 9.17) is 12.0 Å². The molecule has 0 rings (SSSR count). The van der Waals surface area contributed by atoms with Crippen LogP contribution in [0.1, 0.15) is 110 Å². The van der Waals surface area contributed by atoms with Crippen molar-refractivity contribution in [3.8, 4) is 0 Å². The van der Waals surface area contributed by atoms with Gasteiger partial charge in [0.15, 0.2) is 0 Å². The number of unbranched alkanes of at least 4 members (excludes halogenated alkanes) is 8. The molecule has 0 spiro atoms. The van der Waals surface area contributed by atoms with Gasteiger partial charge in [0, 0.05) is 11.9 Å². The second-order valence-corrected chi connectivity index (χ2v) is 5.53. The molecule has 0 heterocycles. The van der Waals surface area contributed by atoms with Crippen molar-refractivity contribution < 1.29 is 21.9 Å². The molecule has 0 aliphatic rings. The molecule has 0 aromatic heterocycles. The molecule has 0 aliphatic carbocycles. The Labute approximate surface area is 138 Å². The van der Waals surface area contributed by atoms with Crippen LogP contribution < -0.4 is 0 Å². The highest BCUT2D eigenvalue weighted by Crippen LogP contribution is 2.14. The zero-order chi connectivity index (χ0) is 20.3. The van der Waals surface area contributed by atoms with E-state index in [0.29, 0.717) is 19.3 Å². The molecule has 0 aromatic rings. The van der Waals surface area contributed by atoms with Gasteiger partial charge >= 0.3 is 5.97 Å². The first-order valence-electron chi connectivity index (χ1n) is 10.9. The Morgan fingerprint density at radius 2 is 1.33 bits per heavy atom. The zero-order valence-corrected chi connectivity index (χ0v) is 13.5. The standard InChI is InChI=1S/C18H36O3/c1-2-3-4-11-14-17(19)15-12-9-7-5-6-8-10-13-16-18(20)21/h17,19H,2-16H2,1H3,(H,20,21)/i14D2,15D2,17D. The van der Waals surface area contributed by atoms with Gasteiger partial charge in [-0.15, -0.1) is 0 Å². The van der Waals surface area contributed by atoms with Crippen molar-refractivity contribution in [3.63, 3.8) is 0 Å². The number of carbonyl (C=O) groups is 1. The molecule has 0 saturated carbocycles. The van der Waals surface area contributed by atoms with E-state index in [9.17, 15) is 9.90 Å². The minimum Gasteiger partial charge on any atom is -0.481 e. The molecule has 0 radical (unpaired) electrons. The smallest absolute Gasteiger partial charge is 0.303 e. The molecule has 21 heavy (non-hydrogen) atoms. The molecule has 2 N–H and O–H groups in total. The molecule has 0 aliphatic heterocycles. The van der Waals surface area contributed by atoms with Crippen LogP contribution in [-0.4, -0.2) is 22.3 Å². The monoisotopic (exact) mass is 305 g/mol. The predicted molar refractivity (Wildman–Crippen MR) is 88.6 cm³/mol. The summed E-state index contributed by atoms with van der Waals surface area (Å²) >= 11 is 0. The van der Waals surface area contributed by atoms with Crippen molar-refractivity contribution in [2.24, 2.45) is 0 Å². The summed E-state index contributed by atoms with van der Waals surface area (Å²) < 4.78 is 39.9. The topological polar surface area (TPSA) is 57.5 Å². The Morgan fingerprint density at radius 1 is 0.905 bits per heavy atom. The van der Waals surface area contributed by atoms with Crippen molar-refractivity contribution in [2.75, 3.05) is 0 Å². The Bertz CT molecular complexity index is 400. The second-order valence-electron chi connectivity index (χ2n) is 5.53. The van der Waals surface area contributed by atoms with Crippen LogP contribution in [0.15, 0.2) is 0 Å². The maximum absolute atomic E-state index is 10.4. The fraction of sp³-hybridized carbons (Fsp3) is 0.944. The minimum atomic E-state index is -2.76. The maximum atomic E-state index is 10.4. The Morgan fingerprint density at radius 3 is 1.81 bits per heavy atom. The molecule has 0 amide bonds. The summed E-state index contributed by atoms with van der Waals surface area (Å²) in [7, 11) is 0. The SMILES string of the molecule is [2H]C([2H])(CCCCC)C([2H])(O)C([2H])([2H])CCCCCCCCCC(=O)O. The van der Waals surface area contributed by atoms with Crippen molar-refractivity contribution in [3.05, 3.63) is 0 Å². The van der Waals surface area contributed by atoms with Crippen LogP contribution in [0.4, 0.5) is 0 Å². The minimum absolute atomic E-state index is 0.0172. The molecule has 3 nitrogen and oxygen atoms in total. The molecular weight excluding hydrogens is 264 g/mol. The van der Waals surface area contributed by atoms with Crippen LogP contribution in [-0.2, 0) is 4.79 Å². The maximum Gasteiger partial charge on any atom is 0.303 e. The van der Waals surface area contributed by atoms with Gasteiger partial charge < -0.3 is 10.2 Å². The third kappa shape index (κ3) is 17.4. The van der Waals surface area contributed by atoms with Crippen LogP contribution >= 0.6 is 0 Å². The third-order valence-electron chi connectivity index (χ3n) is 3.43. The van der Waals surface area contributed by atoms with E-state index in [1.54, 1.807) is 0 Å². The average Bonchev–Trinajstić information content (AvgIpc) is 2.52. The van der Waals surface area contributed by atoms with Gasteiger partial charge in [-0.05, 0) is 19.2 Å². The van der Waals surface area contributed by atoms with Crippen LogP contribution in [0, 0.1) is 0 Å². The number of carboxylic acid groups (broad SMARTS) is 1. The first-order chi connectivity index (χ1) is 12.0. The number of hydrogen-bond donors (Lipinski definition) is 2. The van der Waals surface area contributed by atoms with Crippen molar-refractivity contribution in [2.45, 2.75) is 109 Å². The lowest BCUT2D eigenvalue weighted by molar-refractivity contribution is -0.137. The molecule has 1 atom stereocenters. The predicted octanol–water partition coefficient (Wildman–Crippen LogP) is 5.30. The van der Waals surface area contributed by atoms with E-state index >= 15 is 0 Å². The lowest BCUT2D eigenvalue weighted by Gasteiger charge is -2.10. The highest BCUT2D eigenvalue weighted by atomic mass is 16.4. The van der Waals surface area contributed by atoms with Gasteiger partial charge in [-0.25, -0.2) is 0 Å². The van der Waals surface area contributed by atoms with E-state index in [-0.39, 0.29) is 19.3 Å². The van der Waals surface area contributed by atoms with Crippen molar-refractivity contribution in [1.29, 1.82) is 0 Å².